The quantitative estimate of drug-likeness (QED) is 0.170. The minimum atomic E-state index is -0.537. The molecule has 0 radical (unpaired) electrons. The van der Waals surface area contributed by atoms with Gasteiger partial charge >= 0.3 is 6.09 Å². The van der Waals surface area contributed by atoms with Gasteiger partial charge < -0.3 is 19.1 Å². The fraction of sp³-hybridized carbons (Fsp3) is 0.342. The van der Waals surface area contributed by atoms with E-state index < -0.39 is 5.60 Å². The summed E-state index contributed by atoms with van der Waals surface area (Å²) in [6.07, 6.45) is 3.70. The Balaban J connectivity index is 1.53. The summed E-state index contributed by atoms with van der Waals surface area (Å²) in [7, 11) is 0. The Morgan fingerprint density at radius 1 is 0.956 bits per heavy atom. The van der Waals surface area contributed by atoms with Crippen molar-refractivity contribution in [2.75, 3.05) is 13.1 Å². The first-order valence-electron chi connectivity index (χ1n) is 15.3. The number of rotatable bonds is 10. The van der Waals surface area contributed by atoms with E-state index in [1.807, 2.05) is 113 Å². The van der Waals surface area contributed by atoms with E-state index in [4.69, 9.17) is 24.2 Å². The van der Waals surface area contributed by atoms with Crippen molar-refractivity contribution in [1.82, 2.24) is 9.88 Å². The number of benzene rings is 2. The number of aliphatic imine (C=N–C) groups is 1. The number of carbonyl (C=O) groups excluding carboxylic acids is 1. The van der Waals surface area contributed by atoms with Crippen LogP contribution in [0.4, 0.5) is 4.79 Å². The van der Waals surface area contributed by atoms with E-state index >= 15 is 0 Å². The Hall–Kier alpha value is -4.65. The molecule has 1 aliphatic rings. The fourth-order valence-electron chi connectivity index (χ4n) is 5.21. The van der Waals surface area contributed by atoms with Crippen LogP contribution in [-0.4, -0.2) is 40.4 Å². The molecule has 0 bridgehead atoms. The normalized spacial score (nSPS) is 15.3. The number of carbonyl (C=O) groups is 1. The lowest BCUT2D eigenvalue weighted by molar-refractivity contribution is 0.0208. The Kier molecular flexibility index (Phi) is 10.7. The summed E-state index contributed by atoms with van der Waals surface area (Å²) in [6, 6.07) is 23.7. The average Bonchev–Trinajstić information content (AvgIpc) is 2.98. The molecule has 1 aromatic heterocycles. The van der Waals surface area contributed by atoms with Gasteiger partial charge in [0.1, 0.15) is 18.8 Å². The van der Waals surface area contributed by atoms with Gasteiger partial charge in [-0.15, -0.1) is 0 Å². The lowest BCUT2D eigenvalue weighted by Crippen LogP contribution is -2.46. The van der Waals surface area contributed by atoms with Crippen LogP contribution < -0.4 is 9.47 Å². The maximum Gasteiger partial charge on any atom is 0.410 e. The lowest BCUT2D eigenvalue weighted by atomic mass is 9.79. The molecule has 0 saturated carbocycles. The van der Waals surface area contributed by atoms with Crippen LogP contribution in [0.15, 0.2) is 108 Å². The molecule has 236 valence electrons. The monoisotopic (exact) mass is 607 g/mol. The number of amides is 1. The zero-order valence-electron chi connectivity index (χ0n) is 27.6. The van der Waals surface area contributed by atoms with E-state index in [1.165, 1.54) is 0 Å². The van der Waals surface area contributed by atoms with Crippen LogP contribution in [0.2, 0.25) is 0 Å². The third-order valence-electron chi connectivity index (χ3n) is 7.23. The highest BCUT2D eigenvalue weighted by Crippen LogP contribution is 2.34. The van der Waals surface area contributed by atoms with Crippen LogP contribution in [0.3, 0.4) is 0 Å². The van der Waals surface area contributed by atoms with Crippen molar-refractivity contribution in [2.24, 2.45) is 10.4 Å². The summed E-state index contributed by atoms with van der Waals surface area (Å²) < 4.78 is 17.8. The molecule has 1 aliphatic heterocycles. The van der Waals surface area contributed by atoms with E-state index in [0.29, 0.717) is 38.1 Å². The highest BCUT2D eigenvalue weighted by atomic mass is 16.6. The van der Waals surface area contributed by atoms with Crippen molar-refractivity contribution >= 4 is 17.4 Å². The topological polar surface area (TPSA) is 73.3 Å². The molecule has 7 nitrogen and oxygen atoms in total. The van der Waals surface area contributed by atoms with Crippen molar-refractivity contribution in [3.63, 3.8) is 0 Å². The van der Waals surface area contributed by atoms with Crippen LogP contribution >= 0.6 is 0 Å². The number of pyridine rings is 1. The number of nitrogens with zero attached hydrogens (tertiary/aromatic N) is 3. The van der Waals surface area contributed by atoms with Crippen LogP contribution in [0.5, 0.6) is 11.8 Å². The molecule has 0 spiro atoms. The molecule has 2 aromatic carbocycles. The van der Waals surface area contributed by atoms with Gasteiger partial charge in [0.15, 0.2) is 0 Å². The molecule has 1 amide bonds. The molecule has 0 unspecified atom stereocenters. The molecule has 0 atom stereocenters. The van der Waals surface area contributed by atoms with E-state index in [0.717, 1.165) is 39.2 Å². The SMILES string of the molecule is C=C(/C=C(\C)N=C(C)C1=CCN(C(=O)OC(C)(C)C)CC1(C)C)c1ccc(OCc2ccccc2)nc1OCc1ccccc1. The Labute approximate surface area is 268 Å². The minimum Gasteiger partial charge on any atom is -0.473 e. The van der Waals surface area contributed by atoms with Gasteiger partial charge in [0.25, 0.3) is 0 Å². The lowest BCUT2D eigenvalue weighted by Gasteiger charge is -2.39. The van der Waals surface area contributed by atoms with Gasteiger partial charge in [0.2, 0.25) is 11.8 Å². The van der Waals surface area contributed by atoms with E-state index in [-0.39, 0.29) is 11.5 Å². The molecule has 0 N–H and O–H groups in total. The predicted molar refractivity (Wildman–Crippen MR) is 181 cm³/mol. The maximum atomic E-state index is 12.7. The molecule has 0 saturated heterocycles. The first-order chi connectivity index (χ1) is 21.3. The van der Waals surface area contributed by atoms with Gasteiger partial charge in [-0.05, 0) is 69.0 Å². The second-order valence-electron chi connectivity index (χ2n) is 12.9. The van der Waals surface area contributed by atoms with E-state index in [2.05, 4.69) is 26.5 Å². The van der Waals surface area contributed by atoms with Crippen LogP contribution in [-0.2, 0) is 18.0 Å². The summed E-state index contributed by atoms with van der Waals surface area (Å²) in [4.78, 5) is 24.1. The van der Waals surface area contributed by atoms with Crippen molar-refractivity contribution < 1.29 is 19.0 Å². The fourth-order valence-corrected chi connectivity index (χ4v) is 5.21. The van der Waals surface area contributed by atoms with E-state index in [9.17, 15) is 4.79 Å². The number of ether oxygens (including phenoxy) is 3. The molecule has 45 heavy (non-hydrogen) atoms. The van der Waals surface area contributed by atoms with Crippen molar-refractivity contribution in [2.45, 2.75) is 67.3 Å². The predicted octanol–water partition coefficient (Wildman–Crippen LogP) is 8.82. The molecule has 0 fully saturated rings. The largest absolute Gasteiger partial charge is 0.473 e. The molecular weight excluding hydrogens is 562 g/mol. The summed E-state index contributed by atoms with van der Waals surface area (Å²) in [5, 5.41) is 0. The molecular formula is C38H45N3O4. The highest BCUT2D eigenvalue weighted by Gasteiger charge is 2.35. The van der Waals surface area contributed by atoms with Crippen LogP contribution in [0, 0.1) is 5.41 Å². The molecule has 4 rings (SSSR count). The third kappa shape index (κ3) is 9.67. The first kappa shape index (κ1) is 33.2. The summed E-state index contributed by atoms with van der Waals surface area (Å²) in [6.45, 7) is 19.9. The van der Waals surface area contributed by atoms with Gasteiger partial charge in [-0.2, -0.15) is 4.98 Å². The van der Waals surface area contributed by atoms with Crippen molar-refractivity contribution in [1.29, 1.82) is 0 Å². The smallest absolute Gasteiger partial charge is 0.410 e. The zero-order valence-corrected chi connectivity index (χ0v) is 27.6. The van der Waals surface area contributed by atoms with Crippen LogP contribution in [0.25, 0.3) is 5.57 Å². The van der Waals surface area contributed by atoms with Crippen molar-refractivity contribution in [3.05, 3.63) is 119 Å². The van der Waals surface area contributed by atoms with Gasteiger partial charge in [-0.1, -0.05) is 87.2 Å². The standard InChI is InChI=1S/C38H45N3O4/c1-27(23-28(2)39-29(3)33-21-22-41(26-38(33,7)8)36(42)45-37(4,5)6)32-19-20-34(43-24-30-15-11-9-12-16-30)40-35(32)44-25-31-17-13-10-14-18-31/h9-21,23H,1,22,24-26H2,2-8H3/b28-23+,39-29?. The van der Waals surface area contributed by atoms with Crippen LogP contribution in [0.1, 0.15) is 65.2 Å². The maximum absolute atomic E-state index is 12.7. The minimum absolute atomic E-state index is 0.294. The summed E-state index contributed by atoms with van der Waals surface area (Å²) in [5.74, 6) is 0.914. The van der Waals surface area contributed by atoms with Gasteiger partial charge in [0.05, 0.1) is 0 Å². The number of hydrogen-bond donors (Lipinski definition) is 0. The van der Waals surface area contributed by atoms with Crippen molar-refractivity contribution in [3.8, 4) is 11.8 Å². The molecule has 7 heteroatoms. The third-order valence-corrected chi connectivity index (χ3v) is 7.23. The van der Waals surface area contributed by atoms with Gasteiger partial charge in [-0.3, -0.25) is 4.99 Å². The number of aromatic nitrogens is 1. The number of hydrogen-bond acceptors (Lipinski definition) is 6. The van der Waals surface area contributed by atoms with Gasteiger partial charge in [-0.25, -0.2) is 4.79 Å². The second kappa shape index (κ2) is 14.4. The average molecular weight is 608 g/mol. The van der Waals surface area contributed by atoms with Gasteiger partial charge in [0, 0.05) is 41.5 Å². The zero-order chi connectivity index (χ0) is 32.6. The molecule has 3 aromatic rings. The van der Waals surface area contributed by atoms with E-state index in [1.54, 1.807) is 4.90 Å². The Bertz CT molecular complexity index is 1580. The molecule has 0 aliphatic carbocycles. The first-order valence-corrected chi connectivity index (χ1v) is 15.3. The highest BCUT2D eigenvalue weighted by molar-refractivity contribution is 6.00. The number of allylic oxidation sites excluding steroid dienone is 3. The summed E-state index contributed by atoms with van der Waals surface area (Å²) in [5.41, 5.74) is 5.54. The summed E-state index contributed by atoms with van der Waals surface area (Å²) >= 11 is 0. The molecule has 2 heterocycles. The second-order valence-corrected chi connectivity index (χ2v) is 12.9. The Morgan fingerprint density at radius 2 is 1.56 bits per heavy atom. The Morgan fingerprint density at radius 3 is 2.13 bits per heavy atom.